The minimum atomic E-state index is 0.255. The third-order valence-electron chi connectivity index (χ3n) is 4.81. The highest BCUT2D eigenvalue weighted by atomic mass is 16.5. The van der Waals surface area contributed by atoms with Crippen molar-refractivity contribution in [3.63, 3.8) is 0 Å². The highest BCUT2D eigenvalue weighted by Crippen LogP contribution is 2.35. The average molecular weight is 386 g/mol. The van der Waals surface area contributed by atoms with Gasteiger partial charge in [-0.15, -0.1) is 0 Å². The lowest BCUT2D eigenvalue weighted by Crippen LogP contribution is -1.98. The molecular formula is C26H26O3. The normalized spacial score (nSPS) is 11.6. The second kappa shape index (κ2) is 10.3. The van der Waals surface area contributed by atoms with Crippen molar-refractivity contribution in [2.45, 2.75) is 26.2 Å². The molecule has 0 saturated heterocycles. The number of unbranched alkanes of at least 4 members (excludes halogenated alkanes) is 1. The maximum Gasteiger partial charge on any atom is 0.120 e. The summed E-state index contributed by atoms with van der Waals surface area (Å²) in [4.78, 5) is 10.4. The van der Waals surface area contributed by atoms with Crippen LogP contribution in [0.3, 0.4) is 0 Å². The minimum absolute atomic E-state index is 0.255. The number of hydrogen-bond donors (Lipinski definition) is 1. The van der Waals surface area contributed by atoms with Crippen molar-refractivity contribution in [2.24, 2.45) is 0 Å². The first-order chi connectivity index (χ1) is 14.2. The number of aldehydes is 1. The summed E-state index contributed by atoms with van der Waals surface area (Å²) >= 11 is 0. The predicted octanol–water partition coefficient (Wildman–Crippen LogP) is 6.12. The van der Waals surface area contributed by atoms with Gasteiger partial charge in [0.15, 0.2) is 0 Å². The Labute approximate surface area is 172 Å². The monoisotopic (exact) mass is 386 g/mol. The third kappa shape index (κ3) is 5.35. The van der Waals surface area contributed by atoms with Gasteiger partial charge >= 0.3 is 0 Å². The molecule has 3 heteroatoms. The van der Waals surface area contributed by atoms with Crippen LogP contribution in [0, 0.1) is 0 Å². The number of hydrogen-bond acceptors (Lipinski definition) is 3. The van der Waals surface area contributed by atoms with Crippen molar-refractivity contribution in [1.82, 2.24) is 0 Å². The molecule has 29 heavy (non-hydrogen) atoms. The summed E-state index contributed by atoms with van der Waals surface area (Å²) in [6, 6.07) is 25.8. The molecule has 0 bridgehead atoms. The van der Waals surface area contributed by atoms with Crippen LogP contribution in [0.25, 0.3) is 11.1 Å². The molecule has 0 radical (unpaired) electrons. The van der Waals surface area contributed by atoms with Gasteiger partial charge in [-0.2, -0.15) is 0 Å². The zero-order chi connectivity index (χ0) is 20.5. The van der Waals surface area contributed by atoms with E-state index in [-0.39, 0.29) is 5.75 Å². The van der Waals surface area contributed by atoms with Crippen LogP contribution in [0.2, 0.25) is 0 Å². The van der Waals surface area contributed by atoms with Gasteiger partial charge in [0.1, 0.15) is 17.8 Å². The predicted molar refractivity (Wildman–Crippen MR) is 118 cm³/mol. The van der Waals surface area contributed by atoms with E-state index in [2.05, 4.69) is 43.3 Å². The summed E-state index contributed by atoms with van der Waals surface area (Å²) in [6.07, 6.45) is 3.03. The lowest BCUT2D eigenvalue weighted by Gasteiger charge is -2.17. The zero-order valence-electron chi connectivity index (χ0n) is 16.7. The molecule has 0 aliphatic carbocycles. The Kier molecular flexibility index (Phi) is 7.23. The first-order valence-electron chi connectivity index (χ1n) is 9.97. The summed E-state index contributed by atoms with van der Waals surface area (Å²) in [6.45, 7) is 2.69. The van der Waals surface area contributed by atoms with Crippen LogP contribution in [-0.2, 0) is 4.79 Å². The molecule has 0 fully saturated rings. The molecule has 0 aliphatic heterocycles. The number of allylic oxidation sites excluding steroid dienone is 1. The molecule has 0 atom stereocenters. The Morgan fingerprint density at radius 1 is 0.862 bits per heavy atom. The van der Waals surface area contributed by atoms with E-state index in [9.17, 15) is 9.90 Å². The Morgan fingerprint density at radius 2 is 1.48 bits per heavy atom. The Bertz CT molecular complexity index is 940. The number of phenols is 1. The summed E-state index contributed by atoms with van der Waals surface area (Å²) in [7, 11) is 0. The maximum absolute atomic E-state index is 10.4. The second-order valence-corrected chi connectivity index (χ2v) is 6.80. The smallest absolute Gasteiger partial charge is 0.120 e. The number of rotatable bonds is 9. The molecule has 148 valence electrons. The minimum Gasteiger partial charge on any atom is -0.508 e. The van der Waals surface area contributed by atoms with Gasteiger partial charge < -0.3 is 14.6 Å². The van der Waals surface area contributed by atoms with E-state index in [0.717, 1.165) is 41.6 Å². The van der Waals surface area contributed by atoms with Gasteiger partial charge in [0.05, 0.1) is 6.61 Å². The standard InChI is InChI=1S/C26H26O3/c1-2-25(20-8-4-3-5-9-20)26(21-10-14-23(28)15-11-21)22-12-16-24(17-13-22)29-19-7-6-18-27/h3-5,8-18,28H,2,6-7,19H2,1H3. The molecule has 0 saturated carbocycles. The van der Waals surface area contributed by atoms with Crippen LogP contribution >= 0.6 is 0 Å². The van der Waals surface area contributed by atoms with Crippen molar-refractivity contribution < 1.29 is 14.6 Å². The van der Waals surface area contributed by atoms with E-state index in [1.54, 1.807) is 12.1 Å². The van der Waals surface area contributed by atoms with Gasteiger partial charge in [0.25, 0.3) is 0 Å². The molecule has 0 spiro atoms. The number of ether oxygens (including phenoxy) is 1. The van der Waals surface area contributed by atoms with Gasteiger partial charge in [0.2, 0.25) is 0 Å². The Balaban J connectivity index is 2.00. The van der Waals surface area contributed by atoms with Crippen molar-refractivity contribution in [1.29, 1.82) is 0 Å². The fourth-order valence-electron chi connectivity index (χ4n) is 3.38. The van der Waals surface area contributed by atoms with Crippen LogP contribution < -0.4 is 4.74 Å². The number of aromatic hydroxyl groups is 1. The van der Waals surface area contributed by atoms with Crippen molar-refractivity contribution in [3.8, 4) is 11.5 Å². The highest BCUT2D eigenvalue weighted by molar-refractivity contribution is 5.98. The molecule has 3 rings (SSSR count). The average Bonchev–Trinajstić information content (AvgIpc) is 2.77. The molecule has 3 nitrogen and oxygen atoms in total. The van der Waals surface area contributed by atoms with Crippen LogP contribution in [0.1, 0.15) is 42.9 Å². The van der Waals surface area contributed by atoms with Gasteiger partial charge in [-0.3, -0.25) is 0 Å². The Hall–Kier alpha value is -3.33. The molecule has 0 aliphatic rings. The van der Waals surface area contributed by atoms with E-state index in [1.807, 2.05) is 30.3 Å². The molecular weight excluding hydrogens is 360 g/mol. The largest absolute Gasteiger partial charge is 0.508 e. The molecule has 0 aromatic heterocycles. The summed E-state index contributed by atoms with van der Waals surface area (Å²) in [5.74, 6) is 1.05. The van der Waals surface area contributed by atoms with E-state index >= 15 is 0 Å². The van der Waals surface area contributed by atoms with Crippen LogP contribution in [0.5, 0.6) is 11.5 Å². The maximum atomic E-state index is 10.4. The molecule has 0 heterocycles. The SMILES string of the molecule is CCC(=C(c1ccc(O)cc1)c1ccc(OCCCC=O)cc1)c1ccccc1. The topological polar surface area (TPSA) is 46.5 Å². The number of carbonyl (C=O) groups excluding carboxylic acids is 1. The van der Waals surface area contributed by atoms with E-state index in [4.69, 9.17) is 4.74 Å². The highest BCUT2D eigenvalue weighted by Gasteiger charge is 2.13. The van der Waals surface area contributed by atoms with Crippen molar-refractivity contribution in [3.05, 3.63) is 95.6 Å². The van der Waals surface area contributed by atoms with Gasteiger partial charge in [-0.1, -0.05) is 61.5 Å². The Morgan fingerprint density at radius 3 is 2.07 bits per heavy atom. The van der Waals surface area contributed by atoms with E-state index in [0.29, 0.717) is 13.0 Å². The van der Waals surface area contributed by atoms with E-state index in [1.165, 1.54) is 11.1 Å². The van der Waals surface area contributed by atoms with E-state index < -0.39 is 0 Å². The number of phenolic OH excluding ortho intramolecular Hbond substituents is 1. The molecule has 3 aromatic rings. The molecule has 0 amide bonds. The summed E-state index contributed by atoms with van der Waals surface area (Å²) in [5.41, 5.74) is 5.73. The fourth-order valence-corrected chi connectivity index (χ4v) is 3.38. The summed E-state index contributed by atoms with van der Waals surface area (Å²) in [5, 5.41) is 9.72. The zero-order valence-corrected chi connectivity index (χ0v) is 16.7. The fraction of sp³-hybridized carbons (Fsp3) is 0.192. The lowest BCUT2D eigenvalue weighted by atomic mass is 9.88. The summed E-state index contributed by atoms with van der Waals surface area (Å²) < 4.78 is 5.73. The van der Waals surface area contributed by atoms with Gasteiger partial charge in [0, 0.05) is 6.42 Å². The number of carbonyl (C=O) groups is 1. The lowest BCUT2D eigenvalue weighted by molar-refractivity contribution is -0.108. The number of benzene rings is 3. The first-order valence-corrected chi connectivity index (χ1v) is 9.97. The van der Waals surface area contributed by atoms with Crippen molar-refractivity contribution >= 4 is 17.4 Å². The molecule has 1 N–H and O–H groups in total. The quantitative estimate of drug-likeness (QED) is 0.274. The third-order valence-corrected chi connectivity index (χ3v) is 4.81. The van der Waals surface area contributed by atoms with Gasteiger partial charge in [-0.25, -0.2) is 0 Å². The van der Waals surface area contributed by atoms with Crippen LogP contribution in [0.4, 0.5) is 0 Å². The second-order valence-electron chi connectivity index (χ2n) is 6.80. The first kappa shape index (κ1) is 20.4. The van der Waals surface area contributed by atoms with Crippen molar-refractivity contribution in [2.75, 3.05) is 6.61 Å². The van der Waals surface area contributed by atoms with Gasteiger partial charge in [-0.05, 0) is 64.9 Å². The van der Waals surface area contributed by atoms with Crippen LogP contribution in [-0.4, -0.2) is 18.0 Å². The molecule has 0 unspecified atom stereocenters. The molecule has 3 aromatic carbocycles. The van der Waals surface area contributed by atoms with Crippen LogP contribution in [0.15, 0.2) is 78.9 Å².